The molecular formula is C71H134O17P2. The fourth-order valence-electron chi connectivity index (χ4n) is 10.1. The van der Waals surface area contributed by atoms with Crippen molar-refractivity contribution < 1.29 is 80.2 Å². The molecule has 0 fully saturated rings. The molecule has 19 heteroatoms. The lowest BCUT2D eigenvalue weighted by atomic mass is 9.99. The molecule has 4 unspecified atom stereocenters. The molecule has 0 aliphatic rings. The van der Waals surface area contributed by atoms with Crippen LogP contribution in [0.1, 0.15) is 331 Å². The van der Waals surface area contributed by atoms with Crippen LogP contribution in [0, 0.1) is 17.8 Å². The van der Waals surface area contributed by atoms with Crippen LogP contribution in [-0.4, -0.2) is 96.7 Å². The smallest absolute Gasteiger partial charge is 0.462 e. The third-order valence-electron chi connectivity index (χ3n) is 16.1. The van der Waals surface area contributed by atoms with Gasteiger partial charge < -0.3 is 33.8 Å². The molecule has 0 aromatic carbocycles. The van der Waals surface area contributed by atoms with Gasteiger partial charge in [0.2, 0.25) is 0 Å². The van der Waals surface area contributed by atoms with E-state index in [9.17, 15) is 43.2 Å². The minimum absolute atomic E-state index is 0.0840. The molecule has 6 atom stereocenters. The molecule has 0 amide bonds. The van der Waals surface area contributed by atoms with E-state index in [1.165, 1.54) is 122 Å². The molecule has 0 aromatic rings. The first-order valence-corrected chi connectivity index (χ1v) is 39.2. The summed E-state index contributed by atoms with van der Waals surface area (Å²) in [5, 5.41) is 10.6. The van der Waals surface area contributed by atoms with E-state index in [0.717, 1.165) is 121 Å². The average molecular weight is 1320 g/mol. The molecule has 0 radical (unpaired) electrons. The number of phosphoric acid groups is 2. The first-order chi connectivity index (χ1) is 43.3. The number of hydrogen-bond acceptors (Lipinski definition) is 15. The third kappa shape index (κ3) is 63.0. The fourth-order valence-corrected chi connectivity index (χ4v) is 11.7. The third-order valence-corrected chi connectivity index (χ3v) is 18.0. The van der Waals surface area contributed by atoms with E-state index in [0.29, 0.717) is 31.6 Å². The van der Waals surface area contributed by atoms with Crippen LogP contribution < -0.4 is 0 Å². The van der Waals surface area contributed by atoms with Gasteiger partial charge in [0, 0.05) is 25.7 Å². The summed E-state index contributed by atoms with van der Waals surface area (Å²) in [6.07, 6.45) is 48.0. The van der Waals surface area contributed by atoms with Gasteiger partial charge >= 0.3 is 39.5 Å². The zero-order chi connectivity index (χ0) is 66.6. The number of aliphatic hydroxyl groups is 1. The lowest BCUT2D eigenvalue weighted by molar-refractivity contribution is -0.161. The SMILES string of the molecule is CCCCCC/C=C\C=C/CCCCCCCC(=O)O[C@H](COC(=O)CCCCCCCCCCC(C)CC)COP(=O)(O)OCC(O)COP(=O)(O)OC[C@@H](COC(=O)CCCCCCCCCC(C)C)OC(=O)CCCCCCCCCCCCC(C)C. The van der Waals surface area contributed by atoms with E-state index in [-0.39, 0.29) is 25.7 Å². The number of aliphatic hydroxyl groups excluding tert-OH is 1. The lowest BCUT2D eigenvalue weighted by Gasteiger charge is -2.21. The van der Waals surface area contributed by atoms with E-state index in [4.69, 9.17) is 37.0 Å². The molecule has 17 nitrogen and oxygen atoms in total. The minimum Gasteiger partial charge on any atom is -0.462 e. The molecule has 0 aliphatic carbocycles. The molecular weight excluding hydrogens is 1190 g/mol. The predicted octanol–water partition coefficient (Wildman–Crippen LogP) is 19.8. The normalized spacial score (nSPS) is 14.7. The number of carbonyl (C=O) groups is 4. The molecule has 0 saturated carbocycles. The van der Waals surface area contributed by atoms with Crippen molar-refractivity contribution >= 4 is 39.5 Å². The van der Waals surface area contributed by atoms with Gasteiger partial charge in [-0.3, -0.25) is 37.3 Å². The average Bonchev–Trinajstić information content (AvgIpc) is 2.81. The zero-order valence-corrected chi connectivity index (χ0v) is 59.9. The zero-order valence-electron chi connectivity index (χ0n) is 58.1. The van der Waals surface area contributed by atoms with Gasteiger partial charge in [-0.1, -0.05) is 278 Å². The molecule has 0 aliphatic heterocycles. The number of allylic oxidation sites excluding steroid dienone is 4. The van der Waals surface area contributed by atoms with Crippen LogP contribution in [0.2, 0.25) is 0 Å². The van der Waals surface area contributed by atoms with Crippen molar-refractivity contribution in [3.8, 4) is 0 Å². The van der Waals surface area contributed by atoms with Crippen molar-refractivity contribution in [1.82, 2.24) is 0 Å². The number of phosphoric ester groups is 2. The Balaban J connectivity index is 5.30. The summed E-state index contributed by atoms with van der Waals surface area (Å²) < 4.78 is 68.3. The van der Waals surface area contributed by atoms with Gasteiger partial charge in [0.05, 0.1) is 26.4 Å². The van der Waals surface area contributed by atoms with E-state index < -0.39 is 97.5 Å². The maximum Gasteiger partial charge on any atom is 0.472 e. The molecule has 0 aromatic heterocycles. The van der Waals surface area contributed by atoms with Crippen molar-refractivity contribution in [2.75, 3.05) is 39.6 Å². The van der Waals surface area contributed by atoms with Crippen molar-refractivity contribution in [3.05, 3.63) is 24.3 Å². The van der Waals surface area contributed by atoms with Crippen molar-refractivity contribution in [3.63, 3.8) is 0 Å². The number of esters is 4. The van der Waals surface area contributed by atoms with Crippen LogP contribution in [0.3, 0.4) is 0 Å². The largest absolute Gasteiger partial charge is 0.472 e. The Hall–Kier alpha value is -2.46. The maximum atomic E-state index is 13.0. The summed E-state index contributed by atoms with van der Waals surface area (Å²) in [5.74, 6) is 0.0711. The van der Waals surface area contributed by atoms with Crippen molar-refractivity contribution in [1.29, 1.82) is 0 Å². The van der Waals surface area contributed by atoms with Crippen molar-refractivity contribution in [2.24, 2.45) is 17.8 Å². The Bertz CT molecular complexity index is 1860. The maximum absolute atomic E-state index is 13.0. The monoisotopic (exact) mass is 1320 g/mol. The number of hydrogen-bond donors (Lipinski definition) is 3. The van der Waals surface area contributed by atoms with Crippen LogP contribution in [-0.2, 0) is 65.4 Å². The van der Waals surface area contributed by atoms with E-state index >= 15 is 0 Å². The highest BCUT2D eigenvalue weighted by Crippen LogP contribution is 2.45. The van der Waals surface area contributed by atoms with Gasteiger partial charge in [0.25, 0.3) is 0 Å². The Morgan fingerprint density at radius 1 is 0.367 bits per heavy atom. The molecule has 0 spiro atoms. The first-order valence-electron chi connectivity index (χ1n) is 36.2. The van der Waals surface area contributed by atoms with Gasteiger partial charge in [0.15, 0.2) is 12.2 Å². The highest BCUT2D eigenvalue weighted by atomic mass is 31.2. The van der Waals surface area contributed by atoms with Crippen LogP contribution >= 0.6 is 15.6 Å². The summed E-state index contributed by atoms with van der Waals surface area (Å²) in [6.45, 7) is 11.7. The van der Waals surface area contributed by atoms with E-state index in [2.05, 4.69) is 72.8 Å². The van der Waals surface area contributed by atoms with E-state index in [1.807, 2.05) is 0 Å². The Labute approximate surface area is 548 Å². The highest BCUT2D eigenvalue weighted by molar-refractivity contribution is 7.47. The van der Waals surface area contributed by atoms with Gasteiger partial charge in [-0.2, -0.15) is 0 Å². The Morgan fingerprint density at radius 3 is 0.989 bits per heavy atom. The molecule has 0 saturated heterocycles. The highest BCUT2D eigenvalue weighted by Gasteiger charge is 2.30. The number of rotatable bonds is 67. The Morgan fingerprint density at radius 2 is 0.656 bits per heavy atom. The topological polar surface area (TPSA) is 237 Å². The van der Waals surface area contributed by atoms with Crippen LogP contribution in [0.4, 0.5) is 0 Å². The minimum atomic E-state index is -4.96. The Kier molecular flexibility index (Phi) is 59.7. The van der Waals surface area contributed by atoms with Gasteiger partial charge in [-0.25, -0.2) is 9.13 Å². The fraction of sp³-hybridized carbons (Fsp3) is 0.887. The van der Waals surface area contributed by atoms with E-state index in [1.54, 1.807) is 0 Å². The summed E-state index contributed by atoms with van der Waals surface area (Å²) in [4.78, 5) is 72.5. The second-order valence-corrected chi connectivity index (χ2v) is 29.0. The summed E-state index contributed by atoms with van der Waals surface area (Å²) in [5.41, 5.74) is 0. The second-order valence-electron chi connectivity index (χ2n) is 26.1. The predicted molar refractivity (Wildman–Crippen MR) is 363 cm³/mol. The quantitative estimate of drug-likeness (QED) is 0.0169. The standard InChI is InChI=1S/C71H134O17P2/c1-8-10-11-12-13-14-15-16-17-18-19-23-32-40-47-54-70(75)87-66(58-81-68(73)52-45-38-31-26-25-30-37-44-51-64(7)9-2)60-85-89(77,78)83-56-65(72)57-84-90(79,80)86-61-67(59-82-69(74)53-46-39-34-27-29-36-43-50-63(5)6)88-71(76)55-48-41-33-24-21-20-22-28-35-42-49-62(3)4/h14-17,62-67,72H,8-13,18-61H2,1-7H3,(H,77,78)(H,79,80)/b15-14-,17-16-/t64?,65?,66-,67-/m1/s1. The first kappa shape index (κ1) is 87.5. The number of unbranched alkanes of at least 4 members (excludes halogenated alkanes) is 31. The summed E-state index contributed by atoms with van der Waals surface area (Å²) >= 11 is 0. The molecule has 0 rings (SSSR count). The summed E-state index contributed by atoms with van der Waals surface area (Å²) in [7, 11) is -9.92. The van der Waals surface area contributed by atoms with Crippen LogP contribution in [0.5, 0.6) is 0 Å². The van der Waals surface area contributed by atoms with Gasteiger partial charge in [-0.05, 0) is 69.1 Å². The number of ether oxygens (including phenoxy) is 4. The summed E-state index contributed by atoms with van der Waals surface area (Å²) in [6, 6.07) is 0. The molecule has 530 valence electrons. The number of carbonyl (C=O) groups excluding carboxylic acids is 4. The van der Waals surface area contributed by atoms with Gasteiger partial charge in [-0.15, -0.1) is 0 Å². The lowest BCUT2D eigenvalue weighted by Crippen LogP contribution is -2.30. The van der Waals surface area contributed by atoms with Crippen LogP contribution in [0.15, 0.2) is 24.3 Å². The second kappa shape index (κ2) is 61.4. The van der Waals surface area contributed by atoms with Crippen LogP contribution in [0.25, 0.3) is 0 Å². The molecule has 0 bridgehead atoms. The molecule has 3 N–H and O–H groups in total. The molecule has 0 heterocycles. The van der Waals surface area contributed by atoms with Gasteiger partial charge in [0.1, 0.15) is 19.3 Å². The molecule has 90 heavy (non-hydrogen) atoms. The van der Waals surface area contributed by atoms with Crippen molar-refractivity contribution in [2.45, 2.75) is 349 Å².